The molecule has 0 bridgehead atoms. The predicted octanol–water partition coefficient (Wildman–Crippen LogP) is 4.67. The van der Waals surface area contributed by atoms with Gasteiger partial charge in [0.05, 0.1) is 5.56 Å². The lowest BCUT2D eigenvalue weighted by Crippen LogP contribution is -2.21. The molecule has 0 spiro atoms. The van der Waals surface area contributed by atoms with Crippen LogP contribution in [0.5, 0.6) is 0 Å². The molecule has 0 atom stereocenters. The Bertz CT molecular complexity index is 1050. The Hall–Kier alpha value is -3.21. The predicted molar refractivity (Wildman–Crippen MR) is 106 cm³/mol. The van der Waals surface area contributed by atoms with E-state index < -0.39 is 11.4 Å². The molecule has 3 rings (SSSR count). The molecule has 2 aromatic carbocycles. The van der Waals surface area contributed by atoms with Crippen LogP contribution in [0, 0.1) is 5.82 Å². The third-order valence-corrected chi connectivity index (χ3v) is 4.42. The Morgan fingerprint density at radius 1 is 1.07 bits per heavy atom. The Labute approximate surface area is 156 Å². The Balaban J connectivity index is 1.90. The van der Waals surface area contributed by atoms with E-state index >= 15 is 0 Å². The number of allylic oxidation sites excluding steroid dienone is 1. The van der Waals surface area contributed by atoms with Gasteiger partial charge in [-0.3, -0.25) is 4.79 Å². The van der Waals surface area contributed by atoms with Gasteiger partial charge in [0, 0.05) is 35.8 Å². The quantitative estimate of drug-likeness (QED) is 0.362. The van der Waals surface area contributed by atoms with E-state index in [0.717, 1.165) is 24.2 Å². The lowest BCUT2D eigenvalue weighted by molar-refractivity contribution is 0.104. The molecule has 0 fully saturated rings. The van der Waals surface area contributed by atoms with E-state index in [2.05, 4.69) is 18.7 Å². The standard InChI is InChI=1S/C22H20FNO3/c1-3-24(4-2)19-11-7-16-13-17(22(26)27-21(16)14-19)8-12-20(25)15-5-9-18(23)10-6-15/h5-14H,3-4H2,1-2H3/b12-8+. The van der Waals surface area contributed by atoms with Crippen LogP contribution >= 0.6 is 0 Å². The summed E-state index contributed by atoms with van der Waals surface area (Å²) in [5.41, 5.74) is 1.62. The average Bonchev–Trinajstić information content (AvgIpc) is 2.67. The molecule has 0 aliphatic rings. The third-order valence-electron chi connectivity index (χ3n) is 4.42. The lowest BCUT2D eigenvalue weighted by Gasteiger charge is -2.20. The Morgan fingerprint density at radius 3 is 2.44 bits per heavy atom. The number of hydrogen-bond donors (Lipinski definition) is 0. The summed E-state index contributed by atoms with van der Waals surface area (Å²) in [6, 6.07) is 12.7. The molecule has 0 saturated carbocycles. The van der Waals surface area contributed by atoms with Gasteiger partial charge < -0.3 is 9.32 Å². The summed E-state index contributed by atoms with van der Waals surface area (Å²) in [4.78, 5) is 26.6. The summed E-state index contributed by atoms with van der Waals surface area (Å²) in [5.74, 6) is -0.721. The molecular formula is C22H20FNO3. The van der Waals surface area contributed by atoms with Gasteiger partial charge in [-0.15, -0.1) is 0 Å². The van der Waals surface area contributed by atoms with Gasteiger partial charge in [-0.1, -0.05) is 0 Å². The zero-order chi connectivity index (χ0) is 19.4. The van der Waals surface area contributed by atoms with Crippen LogP contribution in [-0.4, -0.2) is 18.9 Å². The van der Waals surface area contributed by atoms with Crippen molar-refractivity contribution in [2.24, 2.45) is 0 Å². The molecule has 1 aromatic heterocycles. The normalized spacial score (nSPS) is 11.2. The first kappa shape index (κ1) is 18.6. The zero-order valence-corrected chi connectivity index (χ0v) is 15.2. The fraction of sp³-hybridized carbons (Fsp3) is 0.182. The number of rotatable bonds is 6. The van der Waals surface area contributed by atoms with Gasteiger partial charge in [-0.2, -0.15) is 0 Å². The van der Waals surface area contributed by atoms with Gasteiger partial charge in [-0.25, -0.2) is 9.18 Å². The minimum absolute atomic E-state index is 0.286. The van der Waals surface area contributed by atoms with Gasteiger partial charge >= 0.3 is 5.63 Å². The highest BCUT2D eigenvalue weighted by Gasteiger charge is 2.08. The Morgan fingerprint density at radius 2 is 1.78 bits per heavy atom. The summed E-state index contributed by atoms with van der Waals surface area (Å²) in [7, 11) is 0. The first-order chi connectivity index (χ1) is 13.0. The van der Waals surface area contributed by atoms with Crippen LogP contribution in [0.25, 0.3) is 17.0 Å². The van der Waals surface area contributed by atoms with E-state index in [4.69, 9.17) is 4.42 Å². The maximum atomic E-state index is 12.9. The van der Waals surface area contributed by atoms with Crippen LogP contribution in [0.4, 0.5) is 10.1 Å². The fourth-order valence-electron chi connectivity index (χ4n) is 2.89. The maximum Gasteiger partial charge on any atom is 0.343 e. The first-order valence-corrected chi connectivity index (χ1v) is 8.82. The second-order valence-electron chi connectivity index (χ2n) is 6.09. The van der Waals surface area contributed by atoms with Crippen LogP contribution in [0.15, 0.2) is 63.8 Å². The maximum absolute atomic E-state index is 12.9. The van der Waals surface area contributed by atoms with Crippen LogP contribution in [-0.2, 0) is 0 Å². The first-order valence-electron chi connectivity index (χ1n) is 8.82. The zero-order valence-electron chi connectivity index (χ0n) is 15.2. The molecule has 5 heteroatoms. The van der Waals surface area contributed by atoms with Crippen molar-refractivity contribution in [2.45, 2.75) is 13.8 Å². The summed E-state index contributed by atoms with van der Waals surface area (Å²) in [6.07, 6.45) is 2.71. The van der Waals surface area contributed by atoms with E-state index in [-0.39, 0.29) is 11.3 Å². The molecule has 138 valence electrons. The van der Waals surface area contributed by atoms with Crippen molar-refractivity contribution >= 4 is 28.5 Å². The van der Waals surface area contributed by atoms with Crippen molar-refractivity contribution in [3.8, 4) is 0 Å². The molecule has 0 amide bonds. The molecule has 0 unspecified atom stereocenters. The average molecular weight is 365 g/mol. The van der Waals surface area contributed by atoms with Crippen molar-refractivity contribution in [1.82, 2.24) is 0 Å². The van der Waals surface area contributed by atoms with Gasteiger partial charge in [-0.05, 0) is 68.5 Å². The number of benzene rings is 2. The fourth-order valence-corrected chi connectivity index (χ4v) is 2.89. The SMILES string of the molecule is CCN(CC)c1ccc2cc(/C=C/C(=O)c3ccc(F)cc3)c(=O)oc2c1. The van der Waals surface area contributed by atoms with Crippen molar-refractivity contribution in [3.05, 3.63) is 82.0 Å². The van der Waals surface area contributed by atoms with Crippen LogP contribution in [0.1, 0.15) is 29.8 Å². The molecule has 0 saturated heterocycles. The number of anilines is 1. The number of hydrogen-bond acceptors (Lipinski definition) is 4. The largest absolute Gasteiger partial charge is 0.422 e. The van der Waals surface area contributed by atoms with E-state index in [1.807, 2.05) is 18.2 Å². The van der Waals surface area contributed by atoms with Crippen LogP contribution < -0.4 is 10.5 Å². The van der Waals surface area contributed by atoms with Crippen molar-refractivity contribution in [3.63, 3.8) is 0 Å². The minimum Gasteiger partial charge on any atom is -0.422 e. The van der Waals surface area contributed by atoms with E-state index in [9.17, 15) is 14.0 Å². The number of fused-ring (bicyclic) bond motifs is 1. The molecule has 0 aliphatic heterocycles. The van der Waals surface area contributed by atoms with Gasteiger partial charge in [0.15, 0.2) is 5.78 Å². The second-order valence-corrected chi connectivity index (χ2v) is 6.09. The van der Waals surface area contributed by atoms with E-state index in [1.54, 1.807) is 6.07 Å². The Kier molecular flexibility index (Phi) is 5.50. The summed E-state index contributed by atoms with van der Waals surface area (Å²) >= 11 is 0. The van der Waals surface area contributed by atoms with Crippen molar-refractivity contribution < 1.29 is 13.6 Å². The summed E-state index contributed by atoms with van der Waals surface area (Å²) in [6.45, 7) is 5.85. The monoisotopic (exact) mass is 365 g/mol. The molecule has 0 N–H and O–H groups in total. The van der Waals surface area contributed by atoms with Crippen LogP contribution in [0.2, 0.25) is 0 Å². The van der Waals surface area contributed by atoms with E-state index in [0.29, 0.717) is 11.1 Å². The number of carbonyl (C=O) groups is 1. The van der Waals surface area contributed by atoms with Crippen molar-refractivity contribution in [2.75, 3.05) is 18.0 Å². The third kappa shape index (κ3) is 4.14. The van der Waals surface area contributed by atoms with Gasteiger partial charge in [0.2, 0.25) is 0 Å². The number of ketones is 1. The van der Waals surface area contributed by atoms with Crippen LogP contribution in [0.3, 0.4) is 0 Å². The number of halogens is 1. The topological polar surface area (TPSA) is 50.5 Å². The van der Waals surface area contributed by atoms with E-state index in [1.165, 1.54) is 36.4 Å². The number of carbonyl (C=O) groups excluding carboxylic acids is 1. The minimum atomic E-state index is -0.512. The molecular weight excluding hydrogens is 345 g/mol. The van der Waals surface area contributed by atoms with Crippen molar-refractivity contribution in [1.29, 1.82) is 0 Å². The molecule has 0 aliphatic carbocycles. The molecule has 1 heterocycles. The molecule has 27 heavy (non-hydrogen) atoms. The highest BCUT2D eigenvalue weighted by Crippen LogP contribution is 2.22. The molecule has 4 nitrogen and oxygen atoms in total. The summed E-state index contributed by atoms with van der Waals surface area (Å²) < 4.78 is 18.4. The smallest absolute Gasteiger partial charge is 0.343 e. The highest BCUT2D eigenvalue weighted by atomic mass is 19.1. The highest BCUT2D eigenvalue weighted by molar-refractivity contribution is 6.06. The summed E-state index contributed by atoms with van der Waals surface area (Å²) in [5, 5.41) is 0.777. The van der Waals surface area contributed by atoms with Gasteiger partial charge in [0.1, 0.15) is 11.4 Å². The van der Waals surface area contributed by atoms with Gasteiger partial charge in [0.25, 0.3) is 0 Å². The molecule has 0 radical (unpaired) electrons. The number of nitrogens with zero attached hydrogens (tertiary/aromatic N) is 1. The lowest BCUT2D eigenvalue weighted by atomic mass is 10.1. The molecule has 3 aromatic rings. The second kappa shape index (κ2) is 7.99.